The zero-order valence-electron chi connectivity index (χ0n) is 18.3. The first-order valence-electron chi connectivity index (χ1n) is 9.90. The molecule has 0 aromatic carbocycles. The fourth-order valence-corrected chi connectivity index (χ4v) is 3.43. The van der Waals surface area contributed by atoms with Crippen molar-refractivity contribution in [3.63, 3.8) is 0 Å². The third-order valence-corrected chi connectivity index (χ3v) is 5.19. The number of amides is 3. The second kappa shape index (κ2) is 9.75. The van der Waals surface area contributed by atoms with Crippen LogP contribution in [-0.4, -0.2) is 38.8 Å². The molecule has 0 radical (unpaired) electrons. The lowest BCUT2D eigenvalue weighted by Crippen LogP contribution is -2.42. The predicted octanol–water partition coefficient (Wildman–Crippen LogP) is 1.71. The number of nitriles is 1. The summed E-state index contributed by atoms with van der Waals surface area (Å²) in [7, 11) is 0. The highest BCUT2D eigenvalue weighted by Crippen LogP contribution is 2.25. The Morgan fingerprint density at radius 3 is 2.28 bits per heavy atom. The molecule has 1 aliphatic heterocycles. The topological polar surface area (TPSA) is 146 Å². The number of aromatic hydroxyl groups is 1. The van der Waals surface area contributed by atoms with Crippen molar-refractivity contribution in [3.8, 4) is 11.9 Å². The van der Waals surface area contributed by atoms with E-state index in [1.54, 1.807) is 19.9 Å². The lowest BCUT2D eigenvalue weighted by Gasteiger charge is -2.25. The van der Waals surface area contributed by atoms with E-state index in [4.69, 9.17) is 5.73 Å². The van der Waals surface area contributed by atoms with E-state index < -0.39 is 29.2 Å². The molecule has 0 atom stereocenters. The van der Waals surface area contributed by atoms with Crippen molar-refractivity contribution in [2.75, 3.05) is 6.54 Å². The number of primary amides is 1. The molecule has 0 fully saturated rings. The van der Waals surface area contributed by atoms with Gasteiger partial charge in [-0.15, -0.1) is 0 Å². The monoisotopic (exact) mass is 436 g/mol. The van der Waals surface area contributed by atoms with E-state index in [2.05, 4.69) is 0 Å². The summed E-state index contributed by atoms with van der Waals surface area (Å²) in [6, 6.07) is 1.85. The van der Waals surface area contributed by atoms with Gasteiger partial charge in [-0.2, -0.15) is 5.26 Å². The summed E-state index contributed by atoms with van der Waals surface area (Å²) in [5.74, 6) is -2.42. The van der Waals surface area contributed by atoms with Crippen LogP contribution < -0.4 is 11.3 Å². The largest absolute Gasteiger partial charge is 0.494 e. The molecule has 3 amide bonds. The van der Waals surface area contributed by atoms with Gasteiger partial charge >= 0.3 is 0 Å². The second-order valence-corrected chi connectivity index (χ2v) is 6.94. The molecule has 0 saturated heterocycles. The van der Waals surface area contributed by atoms with Crippen molar-refractivity contribution in [1.82, 2.24) is 9.47 Å². The molecule has 2 rings (SSSR count). The molecule has 0 bridgehead atoms. The summed E-state index contributed by atoms with van der Waals surface area (Å²) >= 11 is 0. The first-order chi connectivity index (χ1) is 15.1. The van der Waals surface area contributed by atoms with Gasteiger partial charge in [0, 0.05) is 24.2 Å². The molecule has 2 heterocycles. The van der Waals surface area contributed by atoms with Crippen molar-refractivity contribution in [1.29, 1.82) is 5.26 Å². The van der Waals surface area contributed by atoms with Gasteiger partial charge in [0.1, 0.15) is 17.2 Å². The minimum absolute atomic E-state index is 0.0829. The number of nitrogens with two attached hydrogens (primary N) is 1. The number of hydrogen-bond donors (Lipinski definition) is 2. The Bertz CT molecular complexity index is 1220. The van der Waals surface area contributed by atoms with Gasteiger partial charge in [0.25, 0.3) is 23.3 Å². The van der Waals surface area contributed by atoms with Crippen LogP contribution in [0, 0.1) is 18.3 Å². The van der Waals surface area contributed by atoms with Gasteiger partial charge in [-0.05, 0) is 51.0 Å². The molecule has 0 saturated carbocycles. The number of carbonyl (C=O) groups is 3. The summed E-state index contributed by atoms with van der Waals surface area (Å²) in [5, 5.41) is 19.4. The highest BCUT2D eigenvalue weighted by Gasteiger charge is 2.33. The molecule has 32 heavy (non-hydrogen) atoms. The number of hydrogen-bond acceptors (Lipinski definition) is 6. The maximum atomic E-state index is 12.6. The van der Waals surface area contributed by atoms with Crippen molar-refractivity contribution in [2.24, 2.45) is 5.73 Å². The smallest absolute Gasteiger partial charge is 0.271 e. The molecule has 0 aliphatic carbocycles. The van der Waals surface area contributed by atoms with Crippen LogP contribution in [-0.2, 0) is 16.1 Å². The minimum atomic E-state index is -0.849. The molecular formula is C23H24N4O5. The maximum Gasteiger partial charge on any atom is 0.271 e. The molecule has 0 spiro atoms. The van der Waals surface area contributed by atoms with Crippen LogP contribution in [0.15, 0.2) is 45.8 Å². The molecule has 1 aromatic rings. The van der Waals surface area contributed by atoms with Crippen LogP contribution in [0.3, 0.4) is 0 Å². The second-order valence-electron chi connectivity index (χ2n) is 6.94. The summed E-state index contributed by atoms with van der Waals surface area (Å²) in [5.41, 5.74) is 5.63. The highest BCUT2D eigenvalue weighted by atomic mass is 16.3. The van der Waals surface area contributed by atoms with E-state index in [0.717, 1.165) is 9.47 Å². The Kier molecular flexibility index (Phi) is 7.33. The summed E-state index contributed by atoms with van der Waals surface area (Å²) in [6.07, 6.45) is 7.58. The van der Waals surface area contributed by atoms with Crippen molar-refractivity contribution >= 4 is 23.8 Å². The van der Waals surface area contributed by atoms with E-state index in [1.807, 2.05) is 6.07 Å². The Labute approximate surface area is 185 Å². The molecule has 9 heteroatoms. The molecule has 9 nitrogen and oxygen atoms in total. The molecule has 1 aromatic heterocycles. The standard InChI is InChI=1S/C23H24N4O5/c1-5-26-20(29)15(13(3)17(12-24)22(26)31)10-8-7-9-11-16-14(4)18(19(25)28)23(32)27(6-2)21(16)30/h7-11,32H,5-6H2,1-4H3,(H2,25,28). The van der Waals surface area contributed by atoms with Crippen LogP contribution in [0.2, 0.25) is 0 Å². The molecule has 1 aliphatic rings. The number of allylic oxidation sites excluding steroid dienone is 4. The van der Waals surface area contributed by atoms with Crippen LogP contribution in [0.4, 0.5) is 0 Å². The van der Waals surface area contributed by atoms with Crippen LogP contribution in [0.25, 0.3) is 6.08 Å². The van der Waals surface area contributed by atoms with Gasteiger partial charge in [0.2, 0.25) is 5.88 Å². The van der Waals surface area contributed by atoms with Crippen LogP contribution >= 0.6 is 0 Å². The van der Waals surface area contributed by atoms with Gasteiger partial charge < -0.3 is 10.8 Å². The van der Waals surface area contributed by atoms with Crippen molar-refractivity contribution < 1.29 is 19.5 Å². The van der Waals surface area contributed by atoms with Gasteiger partial charge in [-0.25, -0.2) is 0 Å². The first kappa shape index (κ1) is 24.1. The highest BCUT2D eigenvalue weighted by molar-refractivity contribution is 6.18. The minimum Gasteiger partial charge on any atom is -0.494 e. The lowest BCUT2D eigenvalue weighted by atomic mass is 9.95. The number of likely N-dealkylation sites (N-methyl/N-ethyl adjacent to an activating group) is 1. The van der Waals surface area contributed by atoms with Crippen molar-refractivity contribution in [3.05, 3.63) is 68.1 Å². The molecular weight excluding hydrogens is 412 g/mol. The number of nitrogens with zero attached hydrogens (tertiary/aromatic N) is 3. The fraction of sp³-hybridized carbons (Fsp3) is 0.261. The number of imide groups is 1. The Morgan fingerprint density at radius 2 is 1.75 bits per heavy atom. The number of carbonyl (C=O) groups excluding carboxylic acids is 3. The molecule has 166 valence electrons. The van der Waals surface area contributed by atoms with E-state index in [0.29, 0.717) is 5.57 Å². The van der Waals surface area contributed by atoms with Gasteiger partial charge in [0.05, 0.1) is 0 Å². The van der Waals surface area contributed by atoms with Gasteiger partial charge in [-0.1, -0.05) is 18.2 Å². The Hall–Kier alpha value is -4.19. The first-order valence-corrected chi connectivity index (χ1v) is 9.90. The Balaban J connectivity index is 2.45. The number of aromatic nitrogens is 1. The quantitative estimate of drug-likeness (QED) is 0.394. The normalized spacial score (nSPS) is 16.0. The van der Waals surface area contributed by atoms with E-state index in [-0.39, 0.29) is 40.9 Å². The number of rotatable bonds is 6. The Morgan fingerprint density at radius 1 is 1.09 bits per heavy atom. The number of pyridine rings is 1. The SMILES string of the molecule is CCN1C(=O)C(=CC=CC=Cc2c(C)c(C(N)=O)c(O)n(CC)c2=O)C(C)=C(C#N)C1=O. The van der Waals surface area contributed by atoms with Crippen LogP contribution in [0.5, 0.6) is 5.88 Å². The van der Waals surface area contributed by atoms with Gasteiger partial charge in [0.15, 0.2) is 0 Å². The average Bonchev–Trinajstić information content (AvgIpc) is 2.72. The fourth-order valence-electron chi connectivity index (χ4n) is 3.43. The molecule has 0 unspecified atom stereocenters. The van der Waals surface area contributed by atoms with Crippen LogP contribution in [0.1, 0.15) is 42.3 Å². The third-order valence-electron chi connectivity index (χ3n) is 5.19. The van der Waals surface area contributed by atoms with Gasteiger partial charge in [-0.3, -0.25) is 28.6 Å². The zero-order valence-corrected chi connectivity index (χ0v) is 18.3. The lowest BCUT2D eigenvalue weighted by molar-refractivity contribution is -0.140. The summed E-state index contributed by atoms with van der Waals surface area (Å²) < 4.78 is 1.05. The average molecular weight is 436 g/mol. The summed E-state index contributed by atoms with van der Waals surface area (Å²) in [4.78, 5) is 50.1. The van der Waals surface area contributed by atoms with E-state index in [1.165, 1.54) is 38.2 Å². The van der Waals surface area contributed by atoms with E-state index in [9.17, 15) is 29.5 Å². The predicted molar refractivity (Wildman–Crippen MR) is 118 cm³/mol. The molecule has 3 N–H and O–H groups in total. The maximum absolute atomic E-state index is 12.6. The third kappa shape index (κ3) is 4.16. The zero-order chi connectivity index (χ0) is 24.2. The van der Waals surface area contributed by atoms with E-state index >= 15 is 0 Å². The van der Waals surface area contributed by atoms with Crippen molar-refractivity contribution in [2.45, 2.75) is 34.2 Å². The summed E-state index contributed by atoms with van der Waals surface area (Å²) in [6.45, 7) is 6.64.